The third kappa shape index (κ3) is 3.55. The van der Waals surface area contributed by atoms with Gasteiger partial charge in [-0.2, -0.15) is 13.2 Å². The smallest absolute Gasteiger partial charge is 0.314 e. The predicted octanol–water partition coefficient (Wildman–Crippen LogP) is 4.63. The fourth-order valence-electron chi connectivity index (χ4n) is 4.05. The van der Waals surface area contributed by atoms with Crippen molar-refractivity contribution >= 4 is 11.6 Å². The van der Waals surface area contributed by atoms with E-state index in [1.165, 1.54) is 0 Å². The van der Waals surface area contributed by atoms with Crippen molar-refractivity contribution in [1.82, 2.24) is 10.2 Å². The van der Waals surface area contributed by atoms with E-state index in [9.17, 15) is 17.6 Å². The first-order valence-electron chi connectivity index (χ1n) is 8.39. The van der Waals surface area contributed by atoms with E-state index in [0.29, 0.717) is 26.2 Å². The molecular weight excluding hydrogens is 344 g/mol. The molecule has 1 aromatic rings. The summed E-state index contributed by atoms with van der Waals surface area (Å²) in [5.41, 5.74) is -1.15. The molecule has 0 unspecified atom stereocenters. The second kappa shape index (κ2) is 7.18. The van der Waals surface area contributed by atoms with Crippen LogP contribution >= 0.6 is 11.6 Å². The number of alkyl halides is 3. The fraction of sp³-hybridized carbons (Fsp3) is 0.647. The number of hydrogen-bond donors (Lipinski definition) is 1. The molecule has 1 aromatic carbocycles. The summed E-state index contributed by atoms with van der Waals surface area (Å²) in [4.78, 5) is 2.00. The maximum atomic E-state index is 14.8. The van der Waals surface area contributed by atoms with Crippen LogP contribution in [-0.2, 0) is 6.18 Å². The summed E-state index contributed by atoms with van der Waals surface area (Å²) in [5, 5.41) is 2.96. The van der Waals surface area contributed by atoms with Gasteiger partial charge in [0, 0.05) is 37.8 Å². The normalized spacial score (nSPS) is 22.0. The molecule has 1 atom stereocenters. The van der Waals surface area contributed by atoms with Crippen LogP contribution in [0.1, 0.15) is 42.9 Å². The minimum atomic E-state index is -4.59. The van der Waals surface area contributed by atoms with Crippen LogP contribution < -0.4 is 5.32 Å². The molecule has 7 heteroatoms. The monoisotopic (exact) mass is 364 g/mol. The zero-order valence-corrected chi connectivity index (χ0v) is 14.1. The molecule has 0 radical (unpaired) electrons. The molecule has 2 aliphatic rings. The van der Waals surface area contributed by atoms with Crippen molar-refractivity contribution in [2.45, 2.75) is 37.9 Å². The van der Waals surface area contributed by atoms with Crippen LogP contribution in [0.3, 0.4) is 0 Å². The van der Waals surface area contributed by atoms with Crippen molar-refractivity contribution in [2.24, 2.45) is 5.92 Å². The summed E-state index contributed by atoms with van der Waals surface area (Å²) >= 11 is 5.85. The van der Waals surface area contributed by atoms with Crippen molar-refractivity contribution in [3.63, 3.8) is 0 Å². The number of benzene rings is 1. The van der Waals surface area contributed by atoms with E-state index < -0.39 is 23.6 Å². The third-order valence-corrected chi connectivity index (χ3v) is 5.42. The molecule has 2 nitrogen and oxygen atoms in total. The summed E-state index contributed by atoms with van der Waals surface area (Å²) in [7, 11) is 0. The van der Waals surface area contributed by atoms with Gasteiger partial charge in [-0.25, -0.2) is 4.39 Å². The lowest BCUT2D eigenvalue weighted by Gasteiger charge is -2.39. The Kier molecular flexibility index (Phi) is 5.37. The van der Waals surface area contributed by atoms with Crippen LogP contribution in [0.2, 0.25) is 5.02 Å². The van der Waals surface area contributed by atoms with Gasteiger partial charge in [0.15, 0.2) is 0 Å². The van der Waals surface area contributed by atoms with E-state index >= 15 is 0 Å². The molecule has 1 saturated heterocycles. The SMILES string of the molecule is Fc1c(Cl)ccc(C(F)(F)F)c1[C@@H](C1CCCC1)N1CCNCC1. The van der Waals surface area contributed by atoms with Crippen molar-refractivity contribution < 1.29 is 17.6 Å². The van der Waals surface area contributed by atoms with Crippen LogP contribution in [0, 0.1) is 11.7 Å². The molecule has 1 heterocycles. The van der Waals surface area contributed by atoms with E-state index in [1.807, 2.05) is 4.90 Å². The Bertz CT molecular complexity index is 579. The van der Waals surface area contributed by atoms with Gasteiger partial charge in [-0.3, -0.25) is 4.90 Å². The largest absolute Gasteiger partial charge is 0.416 e. The number of nitrogens with zero attached hydrogens (tertiary/aromatic N) is 1. The average molecular weight is 365 g/mol. The molecule has 134 valence electrons. The summed E-state index contributed by atoms with van der Waals surface area (Å²) in [6.45, 7) is 2.63. The Morgan fingerprint density at radius 3 is 2.33 bits per heavy atom. The zero-order valence-electron chi connectivity index (χ0n) is 13.3. The highest BCUT2D eigenvalue weighted by Crippen LogP contribution is 2.46. The van der Waals surface area contributed by atoms with Crippen LogP contribution in [0.25, 0.3) is 0 Å². The van der Waals surface area contributed by atoms with Crippen LogP contribution in [-0.4, -0.2) is 31.1 Å². The Balaban J connectivity index is 2.10. The van der Waals surface area contributed by atoms with Crippen molar-refractivity contribution in [1.29, 1.82) is 0 Å². The Morgan fingerprint density at radius 1 is 1.12 bits per heavy atom. The van der Waals surface area contributed by atoms with Crippen molar-refractivity contribution in [3.05, 3.63) is 34.1 Å². The molecule has 3 rings (SSSR count). The number of rotatable bonds is 3. The molecule has 24 heavy (non-hydrogen) atoms. The van der Waals surface area contributed by atoms with E-state index in [1.54, 1.807) is 0 Å². The van der Waals surface area contributed by atoms with Gasteiger partial charge < -0.3 is 5.32 Å². The number of piperazine rings is 1. The minimum absolute atomic E-state index is 0.0390. The van der Waals surface area contributed by atoms with Crippen LogP contribution in [0.15, 0.2) is 12.1 Å². The molecule has 2 fully saturated rings. The quantitative estimate of drug-likeness (QED) is 0.786. The molecule has 1 N–H and O–H groups in total. The van der Waals surface area contributed by atoms with Gasteiger partial charge in [-0.05, 0) is 30.9 Å². The van der Waals surface area contributed by atoms with Gasteiger partial charge >= 0.3 is 6.18 Å². The highest BCUT2D eigenvalue weighted by Gasteiger charge is 2.42. The number of halogens is 5. The second-order valence-corrected chi connectivity index (χ2v) is 7.00. The molecule has 0 aromatic heterocycles. The molecule has 0 bridgehead atoms. The van der Waals surface area contributed by atoms with Crippen molar-refractivity contribution in [3.8, 4) is 0 Å². The molecule has 1 saturated carbocycles. The zero-order chi connectivity index (χ0) is 17.3. The third-order valence-electron chi connectivity index (χ3n) is 5.13. The van der Waals surface area contributed by atoms with Crippen LogP contribution in [0.5, 0.6) is 0 Å². The molecule has 0 amide bonds. The van der Waals surface area contributed by atoms with Gasteiger partial charge in [-0.15, -0.1) is 0 Å². The maximum absolute atomic E-state index is 14.8. The van der Waals surface area contributed by atoms with Gasteiger partial charge in [0.25, 0.3) is 0 Å². The molecule has 0 spiro atoms. The van der Waals surface area contributed by atoms with E-state index in [0.717, 1.165) is 37.8 Å². The molecule has 1 aliphatic carbocycles. The highest BCUT2D eigenvalue weighted by atomic mass is 35.5. The lowest BCUT2D eigenvalue weighted by Crippen LogP contribution is -2.47. The first-order chi connectivity index (χ1) is 11.4. The van der Waals surface area contributed by atoms with Gasteiger partial charge in [0.2, 0.25) is 0 Å². The topological polar surface area (TPSA) is 15.3 Å². The summed E-state index contributed by atoms with van der Waals surface area (Å²) in [6, 6.07) is 1.36. The Morgan fingerprint density at radius 2 is 1.75 bits per heavy atom. The first-order valence-corrected chi connectivity index (χ1v) is 8.77. The predicted molar refractivity (Wildman–Crippen MR) is 85.6 cm³/mol. The van der Waals surface area contributed by atoms with Gasteiger partial charge in [0.1, 0.15) is 5.82 Å². The average Bonchev–Trinajstić information content (AvgIpc) is 3.06. The van der Waals surface area contributed by atoms with Crippen molar-refractivity contribution in [2.75, 3.05) is 26.2 Å². The lowest BCUT2D eigenvalue weighted by atomic mass is 9.86. The number of nitrogens with one attached hydrogen (secondary N) is 1. The van der Waals surface area contributed by atoms with E-state index in [2.05, 4.69) is 5.32 Å². The molecule has 1 aliphatic heterocycles. The van der Waals surface area contributed by atoms with Gasteiger partial charge in [0.05, 0.1) is 10.6 Å². The lowest BCUT2D eigenvalue weighted by molar-refractivity contribution is -0.139. The van der Waals surface area contributed by atoms with Gasteiger partial charge in [-0.1, -0.05) is 24.4 Å². The standard InChI is InChI=1S/C17H21ClF4N2/c18-13-6-5-12(17(20,21)22)14(15(13)19)16(11-3-1-2-4-11)24-9-7-23-8-10-24/h5-6,11,16,23H,1-4,7-10H2/t16-/m1/s1. The summed E-state index contributed by atoms with van der Waals surface area (Å²) in [6.07, 6.45) is -0.963. The maximum Gasteiger partial charge on any atom is 0.416 e. The Hall–Kier alpha value is -0.850. The minimum Gasteiger partial charge on any atom is -0.314 e. The van der Waals surface area contributed by atoms with E-state index in [4.69, 9.17) is 11.6 Å². The fourth-order valence-corrected chi connectivity index (χ4v) is 4.22. The van der Waals surface area contributed by atoms with E-state index in [-0.39, 0.29) is 16.5 Å². The summed E-state index contributed by atoms with van der Waals surface area (Å²) < 4.78 is 55.4. The Labute approximate surface area is 144 Å². The van der Waals surface area contributed by atoms with Crippen LogP contribution in [0.4, 0.5) is 17.6 Å². The first kappa shape index (κ1) is 18.0. The summed E-state index contributed by atoms with van der Waals surface area (Å²) in [5.74, 6) is -0.876. The molecular formula is C17H21ClF4N2. The second-order valence-electron chi connectivity index (χ2n) is 6.60. The highest BCUT2D eigenvalue weighted by molar-refractivity contribution is 6.30. The number of hydrogen-bond acceptors (Lipinski definition) is 2.